The van der Waals surface area contributed by atoms with Gasteiger partial charge in [0.1, 0.15) is 0 Å². The van der Waals surface area contributed by atoms with Gasteiger partial charge in [-0.15, -0.1) is 0 Å². The molecule has 2 N–H and O–H groups in total. The van der Waals surface area contributed by atoms with Crippen LogP contribution in [0.25, 0.3) is 10.9 Å². The van der Waals surface area contributed by atoms with E-state index in [2.05, 4.69) is 4.37 Å². The zero-order valence-electron chi connectivity index (χ0n) is 6.47. The van der Waals surface area contributed by atoms with Crippen LogP contribution >= 0.6 is 11.5 Å². The first-order valence-electron chi connectivity index (χ1n) is 3.46. The van der Waals surface area contributed by atoms with Crippen LogP contribution in [0.2, 0.25) is 0 Å². The van der Waals surface area contributed by atoms with Gasteiger partial charge in [0.2, 0.25) is 10.0 Å². The van der Waals surface area contributed by atoms with Crippen molar-refractivity contribution in [2.24, 2.45) is 5.14 Å². The molecule has 0 unspecified atom stereocenters. The highest BCUT2D eigenvalue weighted by molar-refractivity contribution is 7.91. The van der Waals surface area contributed by atoms with Crippen molar-refractivity contribution in [3.05, 3.63) is 24.3 Å². The zero-order chi connectivity index (χ0) is 9.47. The molecule has 0 fully saturated rings. The second-order valence-corrected chi connectivity index (χ2v) is 5.06. The van der Waals surface area contributed by atoms with Gasteiger partial charge in [0, 0.05) is 5.39 Å². The Morgan fingerprint density at radius 3 is 2.69 bits per heavy atom. The quantitative estimate of drug-likeness (QED) is 0.767. The fraction of sp³-hybridized carbons (Fsp3) is 0. The minimum absolute atomic E-state index is 0.128. The molecule has 0 saturated carbocycles. The van der Waals surface area contributed by atoms with Crippen LogP contribution in [0, 0.1) is 0 Å². The predicted molar refractivity (Wildman–Crippen MR) is 51.0 cm³/mol. The fourth-order valence-electron chi connectivity index (χ4n) is 1.07. The highest BCUT2D eigenvalue weighted by atomic mass is 32.2. The van der Waals surface area contributed by atoms with Crippen LogP contribution in [0.4, 0.5) is 0 Å². The lowest BCUT2D eigenvalue weighted by atomic mass is 10.3. The van der Waals surface area contributed by atoms with Crippen molar-refractivity contribution in [3.63, 3.8) is 0 Å². The number of rotatable bonds is 1. The maximum absolute atomic E-state index is 11.1. The molecule has 0 atom stereocenters. The molecule has 0 aliphatic rings. The maximum Gasteiger partial charge on any atom is 0.249 e. The number of nitrogens with zero attached hydrogens (tertiary/aromatic N) is 1. The Hall–Kier alpha value is -0.980. The number of primary sulfonamides is 1. The van der Waals surface area contributed by atoms with E-state index in [1.807, 2.05) is 0 Å². The Morgan fingerprint density at radius 2 is 2.00 bits per heavy atom. The summed E-state index contributed by atoms with van der Waals surface area (Å²) in [5.41, 5.74) is 0.663. The lowest BCUT2D eigenvalue weighted by molar-refractivity contribution is 0.600. The molecule has 0 radical (unpaired) electrons. The van der Waals surface area contributed by atoms with Crippen molar-refractivity contribution < 1.29 is 8.42 Å². The highest BCUT2D eigenvalue weighted by Crippen LogP contribution is 2.24. The van der Waals surface area contributed by atoms with Gasteiger partial charge in [-0.05, 0) is 17.6 Å². The summed E-state index contributed by atoms with van der Waals surface area (Å²) in [6.45, 7) is 0. The van der Waals surface area contributed by atoms with E-state index >= 15 is 0 Å². The molecular formula is C7H6N2O2S2. The molecule has 2 rings (SSSR count). The van der Waals surface area contributed by atoms with Gasteiger partial charge in [-0.1, -0.05) is 18.2 Å². The molecule has 2 aromatic rings. The molecule has 0 aliphatic carbocycles. The Morgan fingerprint density at radius 1 is 1.31 bits per heavy atom. The average molecular weight is 214 g/mol. The fourth-order valence-corrected chi connectivity index (χ4v) is 2.69. The van der Waals surface area contributed by atoms with Gasteiger partial charge in [-0.3, -0.25) is 0 Å². The Bertz CT molecular complexity index is 544. The van der Waals surface area contributed by atoms with Crippen LogP contribution in [0.15, 0.2) is 28.5 Å². The van der Waals surface area contributed by atoms with Crippen LogP contribution in [-0.4, -0.2) is 12.8 Å². The minimum atomic E-state index is -3.63. The molecule has 1 aromatic heterocycles. The van der Waals surface area contributed by atoms with Crippen LogP contribution < -0.4 is 5.14 Å². The second-order valence-electron chi connectivity index (χ2n) is 2.53. The number of hydrogen-bond acceptors (Lipinski definition) is 4. The first kappa shape index (κ1) is 8.61. The summed E-state index contributed by atoms with van der Waals surface area (Å²) in [6, 6.07) is 7.00. The van der Waals surface area contributed by atoms with Crippen molar-refractivity contribution in [1.29, 1.82) is 0 Å². The number of fused-ring (bicyclic) bond motifs is 1. The van der Waals surface area contributed by atoms with Crippen LogP contribution in [0.3, 0.4) is 0 Å². The molecule has 0 spiro atoms. The first-order chi connectivity index (χ1) is 6.09. The van der Waals surface area contributed by atoms with E-state index < -0.39 is 10.0 Å². The average Bonchev–Trinajstić information content (AvgIpc) is 2.45. The van der Waals surface area contributed by atoms with Crippen molar-refractivity contribution in [1.82, 2.24) is 4.37 Å². The smallest absolute Gasteiger partial charge is 0.224 e. The summed E-state index contributed by atoms with van der Waals surface area (Å²) < 4.78 is 26.2. The molecule has 1 heterocycles. The highest BCUT2D eigenvalue weighted by Gasteiger charge is 2.15. The number of sulfonamides is 1. The summed E-state index contributed by atoms with van der Waals surface area (Å²) >= 11 is 0.907. The lowest BCUT2D eigenvalue weighted by Gasteiger charge is -1.91. The van der Waals surface area contributed by atoms with Crippen molar-refractivity contribution in [2.75, 3.05) is 0 Å². The summed E-state index contributed by atoms with van der Waals surface area (Å²) in [7, 11) is -3.63. The molecule has 0 bridgehead atoms. The van der Waals surface area contributed by atoms with E-state index in [9.17, 15) is 8.42 Å². The molecule has 4 nitrogen and oxygen atoms in total. The molecule has 0 saturated heterocycles. The Balaban J connectivity index is 2.87. The van der Waals surface area contributed by atoms with Crippen molar-refractivity contribution in [3.8, 4) is 0 Å². The second kappa shape index (κ2) is 2.76. The largest absolute Gasteiger partial charge is 0.249 e. The molecular weight excluding hydrogens is 208 g/mol. The summed E-state index contributed by atoms with van der Waals surface area (Å²) in [5.74, 6) is 0. The minimum Gasteiger partial charge on any atom is -0.224 e. The number of benzene rings is 1. The summed E-state index contributed by atoms with van der Waals surface area (Å²) in [5, 5.41) is 5.60. The van der Waals surface area contributed by atoms with Crippen LogP contribution in [-0.2, 0) is 10.0 Å². The van der Waals surface area contributed by atoms with E-state index in [0.717, 1.165) is 11.5 Å². The number of nitrogens with two attached hydrogens (primary N) is 1. The van der Waals surface area contributed by atoms with E-state index in [1.165, 1.54) is 0 Å². The van der Waals surface area contributed by atoms with E-state index in [4.69, 9.17) is 5.14 Å². The van der Waals surface area contributed by atoms with Crippen LogP contribution in [0.5, 0.6) is 0 Å². The standard InChI is InChI=1S/C7H6N2O2S2/c8-13(10,11)7-5-3-1-2-4-6(5)9-12-7/h1-4H,(H2,8,10,11). The Kier molecular flexibility index (Phi) is 1.83. The molecule has 13 heavy (non-hydrogen) atoms. The van der Waals surface area contributed by atoms with Gasteiger partial charge in [-0.25, -0.2) is 13.6 Å². The van der Waals surface area contributed by atoms with Gasteiger partial charge in [0.05, 0.1) is 5.52 Å². The van der Waals surface area contributed by atoms with E-state index in [1.54, 1.807) is 24.3 Å². The molecule has 68 valence electrons. The summed E-state index contributed by atoms with van der Waals surface area (Å²) in [4.78, 5) is 0. The van der Waals surface area contributed by atoms with Crippen LogP contribution in [0.1, 0.15) is 0 Å². The monoisotopic (exact) mass is 214 g/mol. The third-order valence-electron chi connectivity index (χ3n) is 1.61. The topological polar surface area (TPSA) is 73.1 Å². The predicted octanol–water partition coefficient (Wildman–Crippen LogP) is 0.944. The van der Waals surface area contributed by atoms with Crippen molar-refractivity contribution in [2.45, 2.75) is 4.21 Å². The lowest BCUT2D eigenvalue weighted by Crippen LogP contribution is -2.10. The van der Waals surface area contributed by atoms with E-state index in [0.29, 0.717) is 10.9 Å². The van der Waals surface area contributed by atoms with Crippen molar-refractivity contribution >= 4 is 32.5 Å². The summed E-state index contributed by atoms with van der Waals surface area (Å²) in [6.07, 6.45) is 0. The van der Waals surface area contributed by atoms with Gasteiger partial charge in [-0.2, -0.15) is 4.37 Å². The zero-order valence-corrected chi connectivity index (χ0v) is 8.10. The van der Waals surface area contributed by atoms with E-state index in [-0.39, 0.29) is 4.21 Å². The SMILES string of the molecule is NS(=O)(=O)c1snc2ccccc12. The van der Waals surface area contributed by atoms with Gasteiger partial charge < -0.3 is 0 Å². The molecule has 6 heteroatoms. The third kappa shape index (κ3) is 1.43. The molecule has 1 aromatic carbocycles. The maximum atomic E-state index is 11.1. The number of aromatic nitrogens is 1. The first-order valence-corrected chi connectivity index (χ1v) is 5.78. The van der Waals surface area contributed by atoms with Gasteiger partial charge in [0.15, 0.2) is 4.21 Å². The molecule has 0 amide bonds. The Labute approximate surface area is 79.2 Å². The van der Waals surface area contributed by atoms with Gasteiger partial charge >= 0.3 is 0 Å². The molecule has 0 aliphatic heterocycles. The third-order valence-corrected chi connectivity index (χ3v) is 3.94. The number of hydrogen-bond donors (Lipinski definition) is 1. The van der Waals surface area contributed by atoms with Gasteiger partial charge in [0.25, 0.3) is 0 Å². The normalized spacial score (nSPS) is 12.1.